The summed E-state index contributed by atoms with van der Waals surface area (Å²) in [6, 6.07) is 0. The predicted octanol–water partition coefficient (Wildman–Crippen LogP) is 3.14. The summed E-state index contributed by atoms with van der Waals surface area (Å²) in [4.78, 5) is 8.30. The minimum absolute atomic E-state index is 0.317. The Kier molecular flexibility index (Phi) is 7.38. The van der Waals surface area contributed by atoms with Gasteiger partial charge in [-0.25, -0.2) is 9.97 Å². The topological polar surface area (TPSA) is 44.2 Å². The molecular formula is C15H29BN2O2. The summed E-state index contributed by atoms with van der Waals surface area (Å²) in [7, 11) is -0.370. The second-order valence-electron chi connectivity index (χ2n) is 5.15. The van der Waals surface area contributed by atoms with Crippen molar-refractivity contribution in [3.8, 4) is 0 Å². The van der Waals surface area contributed by atoms with Gasteiger partial charge in [-0.1, -0.05) is 27.7 Å². The lowest BCUT2D eigenvalue weighted by molar-refractivity contribution is 0.00578. The molecule has 0 atom stereocenters. The van der Waals surface area contributed by atoms with Gasteiger partial charge in [0.25, 0.3) is 0 Å². The van der Waals surface area contributed by atoms with Crippen LogP contribution in [-0.4, -0.2) is 28.3 Å². The van der Waals surface area contributed by atoms with E-state index < -0.39 is 0 Å². The molecule has 0 unspecified atom stereocenters. The highest BCUT2D eigenvalue weighted by Gasteiger charge is 2.51. The Labute approximate surface area is 124 Å². The van der Waals surface area contributed by atoms with Gasteiger partial charge in [-0.2, -0.15) is 0 Å². The molecule has 4 nitrogen and oxygen atoms in total. The van der Waals surface area contributed by atoms with Crippen molar-refractivity contribution >= 4 is 12.6 Å². The lowest BCUT2D eigenvalue weighted by Crippen LogP contribution is -2.41. The Hall–Kier alpha value is -0.935. The van der Waals surface area contributed by atoms with Gasteiger partial charge in [-0.15, -0.1) is 0 Å². The van der Waals surface area contributed by atoms with Crippen LogP contribution in [0.15, 0.2) is 12.4 Å². The molecule has 0 amide bonds. The molecule has 0 aromatic carbocycles. The number of rotatable bonds is 1. The minimum atomic E-state index is -0.370. The van der Waals surface area contributed by atoms with Crippen molar-refractivity contribution in [1.29, 1.82) is 0 Å². The molecule has 0 N–H and O–H groups in total. The Morgan fingerprint density at radius 3 is 1.55 bits per heavy atom. The number of nitrogens with zero attached hydrogens (tertiary/aromatic N) is 2. The van der Waals surface area contributed by atoms with Crippen LogP contribution in [0.1, 0.15) is 61.2 Å². The lowest BCUT2D eigenvalue weighted by Gasteiger charge is -2.32. The molecule has 1 aromatic heterocycles. The first-order chi connectivity index (χ1) is 9.32. The van der Waals surface area contributed by atoms with Crippen LogP contribution in [0.5, 0.6) is 0 Å². The van der Waals surface area contributed by atoms with Crippen molar-refractivity contribution in [2.75, 3.05) is 0 Å². The van der Waals surface area contributed by atoms with Gasteiger partial charge in [-0.05, 0) is 34.6 Å². The standard InChI is InChI=1S/C11H17BN2O2.2C2H6/c1-8-13-6-9(7-14-8)12-15-10(2,3)11(4,5)16-12;2*1-2/h6-7H,1-5H3;2*1-2H3. The third kappa shape index (κ3) is 4.28. The van der Waals surface area contributed by atoms with Crippen molar-refractivity contribution in [2.45, 2.75) is 73.5 Å². The zero-order chi connectivity index (χ0) is 16.0. The van der Waals surface area contributed by atoms with Gasteiger partial charge >= 0.3 is 7.12 Å². The SMILES string of the molecule is CC.CC.Cc1ncc(B2OC(C)(C)C(C)(C)O2)cn1. The molecule has 114 valence electrons. The average Bonchev–Trinajstić information content (AvgIpc) is 2.64. The largest absolute Gasteiger partial charge is 0.498 e. The second-order valence-corrected chi connectivity index (χ2v) is 5.15. The number of aryl methyl sites for hydroxylation is 1. The highest BCUT2D eigenvalue weighted by Crippen LogP contribution is 2.36. The normalized spacial score (nSPS) is 18.6. The Morgan fingerprint density at radius 1 is 0.850 bits per heavy atom. The fourth-order valence-electron chi connectivity index (χ4n) is 1.50. The van der Waals surface area contributed by atoms with Crippen LogP contribution in [0.25, 0.3) is 0 Å². The third-order valence-corrected chi connectivity index (χ3v) is 3.33. The molecule has 1 saturated heterocycles. The van der Waals surface area contributed by atoms with E-state index in [-0.39, 0.29) is 18.3 Å². The van der Waals surface area contributed by atoms with E-state index >= 15 is 0 Å². The Balaban J connectivity index is 0.000000829. The lowest BCUT2D eigenvalue weighted by atomic mass is 9.81. The molecule has 0 aliphatic carbocycles. The zero-order valence-corrected chi connectivity index (χ0v) is 14.4. The van der Waals surface area contributed by atoms with Gasteiger partial charge in [0.05, 0.1) is 11.2 Å². The molecular weight excluding hydrogens is 251 g/mol. The van der Waals surface area contributed by atoms with Crippen LogP contribution in [0.2, 0.25) is 0 Å². The van der Waals surface area contributed by atoms with Crippen molar-refractivity contribution in [3.05, 3.63) is 18.2 Å². The maximum atomic E-state index is 5.89. The quantitative estimate of drug-likeness (QED) is 0.741. The molecule has 1 fully saturated rings. The van der Waals surface area contributed by atoms with Crippen molar-refractivity contribution in [1.82, 2.24) is 9.97 Å². The molecule has 2 heterocycles. The van der Waals surface area contributed by atoms with Crippen LogP contribution in [0.3, 0.4) is 0 Å². The summed E-state index contributed by atoms with van der Waals surface area (Å²) in [5.41, 5.74) is 0.231. The molecule has 1 aromatic rings. The minimum Gasteiger partial charge on any atom is -0.399 e. The van der Waals surface area contributed by atoms with E-state index in [0.717, 1.165) is 11.3 Å². The Bertz CT molecular complexity index is 375. The highest BCUT2D eigenvalue weighted by molar-refractivity contribution is 6.61. The first kappa shape index (κ1) is 19.1. The van der Waals surface area contributed by atoms with E-state index in [9.17, 15) is 0 Å². The summed E-state index contributed by atoms with van der Waals surface area (Å²) in [6.07, 6.45) is 3.51. The highest BCUT2D eigenvalue weighted by atomic mass is 16.7. The molecule has 0 radical (unpaired) electrons. The van der Waals surface area contributed by atoms with E-state index in [0.29, 0.717) is 0 Å². The molecule has 0 saturated carbocycles. The summed E-state index contributed by atoms with van der Waals surface area (Å²) < 4.78 is 11.8. The molecule has 5 heteroatoms. The van der Waals surface area contributed by atoms with E-state index in [1.807, 2.05) is 62.3 Å². The van der Waals surface area contributed by atoms with Crippen molar-refractivity contribution in [3.63, 3.8) is 0 Å². The second kappa shape index (κ2) is 7.74. The summed E-state index contributed by atoms with van der Waals surface area (Å²) >= 11 is 0. The molecule has 20 heavy (non-hydrogen) atoms. The number of aromatic nitrogens is 2. The van der Waals surface area contributed by atoms with Crippen LogP contribution in [0, 0.1) is 6.92 Å². The zero-order valence-electron chi connectivity index (χ0n) is 14.4. The molecule has 2 rings (SSSR count). The fraction of sp³-hybridized carbons (Fsp3) is 0.733. The number of hydrogen-bond donors (Lipinski definition) is 0. The summed E-state index contributed by atoms with van der Waals surface area (Å²) in [5, 5.41) is 0. The van der Waals surface area contributed by atoms with Crippen LogP contribution < -0.4 is 5.46 Å². The van der Waals surface area contributed by atoms with Crippen LogP contribution in [0.4, 0.5) is 0 Å². The molecule has 0 spiro atoms. The van der Waals surface area contributed by atoms with Crippen LogP contribution in [-0.2, 0) is 9.31 Å². The monoisotopic (exact) mass is 280 g/mol. The van der Waals surface area contributed by atoms with Gasteiger partial charge in [0.15, 0.2) is 0 Å². The smallest absolute Gasteiger partial charge is 0.399 e. The predicted molar refractivity (Wildman–Crippen MR) is 85.2 cm³/mol. The first-order valence-electron chi connectivity index (χ1n) is 7.46. The van der Waals surface area contributed by atoms with Gasteiger partial charge in [-0.3, -0.25) is 0 Å². The summed E-state index contributed by atoms with van der Waals surface area (Å²) in [6.45, 7) is 18.0. The van der Waals surface area contributed by atoms with Gasteiger partial charge in [0.2, 0.25) is 0 Å². The van der Waals surface area contributed by atoms with Crippen LogP contribution >= 0.6 is 0 Å². The molecule has 1 aliphatic rings. The Morgan fingerprint density at radius 2 is 1.20 bits per heavy atom. The summed E-state index contributed by atoms with van der Waals surface area (Å²) in [5.74, 6) is 0.750. The maximum Gasteiger partial charge on any atom is 0.498 e. The number of hydrogen-bond acceptors (Lipinski definition) is 4. The van der Waals surface area contributed by atoms with Gasteiger partial charge in [0.1, 0.15) is 5.82 Å². The maximum absolute atomic E-state index is 5.89. The van der Waals surface area contributed by atoms with Gasteiger partial charge < -0.3 is 9.31 Å². The molecule has 0 bridgehead atoms. The first-order valence-corrected chi connectivity index (χ1v) is 7.46. The fourth-order valence-corrected chi connectivity index (χ4v) is 1.50. The van der Waals surface area contributed by atoms with Gasteiger partial charge in [0, 0.05) is 17.9 Å². The van der Waals surface area contributed by atoms with Crippen molar-refractivity contribution < 1.29 is 9.31 Å². The van der Waals surface area contributed by atoms with Crippen molar-refractivity contribution in [2.24, 2.45) is 0 Å². The third-order valence-electron chi connectivity index (χ3n) is 3.33. The van der Waals surface area contributed by atoms with E-state index in [1.54, 1.807) is 12.4 Å². The average molecular weight is 280 g/mol. The van der Waals surface area contributed by atoms with E-state index in [1.165, 1.54) is 0 Å². The van der Waals surface area contributed by atoms with E-state index in [2.05, 4.69) is 9.97 Å². The van der Waals surface area contributed by atoms with E-state index in [4.69, 9.17) is 9.31 Å². The molecule has 1 aliphatic heterocycles.